The number of carbonyl (C=O) groups is 1. The molecule has 6 heteroatoms. The Balaban J connectivity index is 2.26. The van der Waals surface area contributed by atoms with Crippen LogP contribution in [0.1, 0.15) is 6.42 Å². The molecule has 6 nitrogen and oxygen atoms in total. The van der Waals surface area contributed by atoms with Crippen LogP contribution in [-0.4, -0.2) is 40.7 Å². The Kier molecular flexibility index (Phi) is 4.01. The molecule has 102 valence electrons. The van der Waals surface area contributed by atoms with Crippen molar-refractivity contribution in [3.05, 3.63) is 24.3 Å². The fraction of sp³-hybridized carbons (Fsp3) is 0.385. The van der Waals surface area contributed by atoms with Crippen molar-refractivity contribution in [3.63, 3.8) is 0 Å². The van der Waals surface area contributed by atoms with Gasteiger partial charge in [-0.15, -0.1) is 5.10 Å². The molecule has 2 aromatic rings. The van der Waals surface area contributed by atoms with E-state index in [0.29, 0.717) is 12.5 Å². The number of fused-ring (bicyclic) bond motifs is 1. The number of methoxy groups -OCH3 is 1. The first-order valence-corrected chi connectivity index (χ1v) is 5.93. The maximum absolute atomic E-state index is 11.1. The van der Waals surface area contributed by atoms with Gasteiger partial charge in [-0.3, -0.25) is 4.68 Å². The number of benzene rings is 1. The summed E-state index contributed by atoms with van der Waals surface area (Å²) in [5, 5.41) is 14.1. The number of aryl methyl sites for hydroxylation is 1. The molecule has 0 bridgehead atoms. The van der Waals surface area contributed by atoms with Crippen molar-refractivity contribution in [1.82, 2.24) is 9.78 Å². The van der Waals surface area contributed by atoms with Crippen molar-refractivity contribution in [2.75, 3.05) is 13.7 Å². The topological polar surface area (TPSA) is 73.6 Å². The minimum atomic E-state index is -1.02. The zero-order valence-electron chi connectivity index (χ0n) is 10.9. The zero-order valence-corrected chi connectivity index (χ0v) is 10.9. The molecule has 0 amide bonds. The van der Waals surface area contributed by atoms with Gasteiger partial charge in [-0.05, 0) is 12.1 Å². The summed E-state index contributed by atoms with van der Waals surface area (Å²) in [4.78, 5) is 11.1. The Morgan fingerprint density at radius 2 is 2.21 bits per heavy atom. The molecule has 0 saturated heterocycles. The predicted molar refractivity (Wildman–Crippen MR) is 69.3 cm³/mol. The van der Waals surface area contributed by atoms with Crippen molar-refractivity contribution >= 4 is 16.9 Å². The first-order valence-electron chi connectivity index (χ1n) is 5.93. The summed E-state index contributed by atoms with van der Waals surface area (Å²) in [5.74, 6) is -0.687. The average Bonchev–Trinajstić information content (AvgIpc) is 2.72. The van der Waals surface area contributed by atoms with Crippen molar-refractivity contribution in [3.8, 4) is 5.88 Å². The predicted octanol–water partition coefficient (Wildman–Crippen LogP) is 1.44. The minimum Gasteiger partial charge on any atom is -0.479 e. The maximum Gasteiger partial charge on any atom is 0.345 e. The molecule has 1 heterocycles. The third-order valence-corrected chi connectivity index (χ3v) is 2.84. The van der Waals surface area contributed by atoms with Crippen LogP contribution in [0.5, 0.6) is 5.88 Å². The molecular formula is C13H16N2O4. The van der Waals surface area contributed by atoms with Gasteiger partial charge < -0.3 is 14.6 Å². The number of ether oxygens (including phenoxy) is 2. The van der Waals surface area contributed by atoms with Gasteiger partial charge in [-0.2, -0.15) is 0 Å². The molecule has 0 radical (unpaired) electrons. The van der Waals surface area contributed by atoms with Crippen molar-refractivity contribution in [1.29, 1.82) is 0 Å². The molecule has 0 saturated carbocycles. The highest BCUT2D eigenvalue weighted by atomic mass is 16.5. The Morgan fingerprint density at radius 3 is 2.89 bits per heavy atom. The van der Waals surface area contributed by atoms with Crippen molar-refractivity contribution in [2.24, 2.45) is 7.05 Å². The summed E-state index contributed by atoms with van der Waals surface area (Å²) in [7, 11) is 3.31. The Hall–Kier alpha value is -2.08. The van der Waals surface area contributed by atoms with Crippen molar-refractivity contribution < 1.29 is 19.4 Å². The van der Waals surface area contributed by atoms with Crippen molar-refractivity contribution in [2.45, 2.75) is 12.5 Å². The Morgan fingerprint density at radius 1 is 1.47 bits per heavy atom. The van der Waals surface area contributed by atoms with Crippen LogP contribution < -0.4 is 4.74 Å². The fourth-order valence-electron chi connectivity index (χ4n) is 1.86. The van der Waals surface area contributed by atoms with Gasteiger partial charge in [-0.1, -0.05) is 12.1 Å². The second-order valence-corrected chi connectivity index (χ2v) is 4.17. The van der Waals surface area contributed by atoms with Crippen LogP contribution in [0, 0.1) is 0 Å². The number of nitrogens with zero attached hydrogens (tertiary/aromatic N) is 2. The molecule has 0 aliphatic heterocycles. The summed E-state index contributed by atoms with van der Waals surface area (Å²) in [6.07, 6.45) is -0.685. The van der Waals surface area contributed by atoms with Gasteiger partial charge in [0.1, 0.15) is 0 Å². The van der Waals surface area contributed by atoms with E-state index in [-0.39, 0.29) is 6.42 Å². The Bertz CT molecular complexity index is 579. The van der Waals surface area contributed by atoms with E-state index >= 15 is 0 Å². The number of aromatic nitrogens is 2. The Labute approximate surface area is 110 Å². The van der Waals surface area contributed by atoms with E-state index in [4.69, 9.17) is 14.6 Å². The van der Waals surface area contributed by atoms with Gasteiger partial charge in [0.25, 0.3) is 0 Å². The molecule has 0 aliphatic rings. The molecule has 1 N–H and O–H groups in total. The lowest BCUT2D eigenvalue weighted by Gasteiger charge is -2.12. The van der Waals surface area contributed by atoms with Gasteiger partial charge in [0.15, 0.2) is 6.10 Å². The number of rotatable bonds is 6. The molecule has 0 unspecified atom stereocenters. The van der Waals surface area contributed by atoms with E-state index in [1.807, 2.05) is 24.3 Å². The van der Waals surface area contributed by atoms with Gasteiger partial charge in [0.05, 0.1) is 17.5 Å². The first-order chi connectivity index (χ1) is 9.13. The molecule has 19 heavy (non-hydrogen) atoms. The lowest BCUT2D eigenvalue weighted by molar-refractivity contribution is -0.146. The van der Waals surface area contributed by atoms with Gasteiger partial charge in [-0.25, -0.2) is 4.79 Å². The van der Waals surface area contributed by atoms with Gasteiger partial charge in [0.2, 0.25) is 5.88 Å². The number of carboxylic acids is 1. The highest BCUT2D eigenvalue weighted by molar-refractivity contribution is 5.85. The number of para-hydroxylation sites is 1. The third kappa shape index (κ3) is 2.85. The van der Waals surface area contributed by atoms with E-state index in [1.165, 1.54) is 7.11 Å². The molecule has 0 spiro atoms. The lowest BCUT2D eigenvalue weighted by Crippen LogP contribution is -2.28. The number of hydrogen-bond donors (Lipinski definition) is 1. The highest BCUT2D eigenvalue weighted by Crippen LogP contribution is 2.25. The normalized spacial score (nSPS) is 12.5. The first kappa shape index (κ1) is 13.4. The summed E-state index contributed by atoms with van der Waals surface area (Å²) in [6.45, 7) is 0.321. The van der Waals surface area contributed by atoms with Crippen LogP contribution >= 0.6 is 0 Å². The van der Waals surface area contributed by atoms with E-state index in [9.17, 15) is 4.79 Å². The van der Waals surface area contributed by atoms with E-state index in [0.717, 1.165) is 10.9 Å². The van der Waals surface area contributed by atoms with E-state index in [2.05, 4.69) is 5.10 Å². The molecule has 1 atom stereocenters. The van der Waals surface area contributed by atoms with Gasteiger partial charge in [0, 0.05) is 20.6 Å². The summed E-state index contributed by atoms with van der Waals surface area (Å²) < 4.78 is 12.1. The van der Waals surface area contributed by atoms with Crippen LogP contribution in [0.15, 0.2) is 24.3 Å². The fourth-order valence-corrected chi connectivity index (χ4v) is 1.86. The van der Waals surface area contributed by atoms with Crippen LogP contribution in [-0.2, 0) is 16.6 Å². The second-order valence-electron chi connectivity index (χ2n) is 4.17. The smallest absolute Gasteiger partial charge is 0.345 e. The van der Waals surface area contributed by atoms with Crippen LogP contribution in [0.25, 0.3) is 10.9 Å². The standard InChI is InChI=1S/C13H16N2O4/c1-15-10-6-4-3-5-9(10)12(14-15)19-11(13(16)17)7-8-18-2/h3-6,11H,7-8H2,1-2H3,(H,16,17)/t11-/m1/s1. The second kappa shape index (κ2) is 5.71. The van der Waals surface area contributed by atoms with Crippen LogP contribution in [0.3, 0.4) is 0 Å². The van der Waals surface area contributed by atoms with Gasteiger partial charge >= 0.3 is 5.97 Å². The summed E-state index contributed by atoms with van der Waals surface area (Å²) in [5.41, 5.74) is 0.897. The van der Waals surface area contributed by atoms with E-state index in [1.54, 1.807) is 11.7 Å². The minimum absolute atomic E-state index is 0.275. The molecule has 0 fully saturated rings. The third-order valence-electron chi connectivity index (χ3n) is 2.84. The molecule has 2 rings (SSSR count). The summed E-state index contributed by atoms with van der Waals surface area (Å²) in [6, 6.07) is 7.52. The monoisotopic (exact) mass is 264 g/mol. The number of aliphatic carboxylic acids is 1. The largest absolute Gasteiger partial charge is 0.479 e. The average molecular weight is 264 g/mol. The van der Waals surface area contributed by atoms with Crippen LogP contribution in [0.2, 0.25) is 0 Å². The zero-order chi connectivity index (χ0) is 13.8. The molecule has 1 aromatic heterocycles. The lowest BCUT2D eigenvalue weighted by atomic mass is 10.2. The quantitative estimate of drug-likeness (QED) is 0.854. The molecule has 1 aromatic carbocycles. The molecular weight excluding hydrogens is 248 g/mol. The highest BCUT2D eigenvalue weighted by Gasteiger charge is 2.22. The summed E-state index contributed by atoms with van der Waals surface area (Å²) >= 11 is 0. The SMILES string of the molecule is COCC[C@@H](Oc1nn(C)c2ccccc12)C(=O)O. The molecule has 0 aliphatic carbocycles. The van der Waals surface area contributed by atoms with Crippen LogP contribution in [0.4, 0.5) is 0 Å². The maximum atomic E-state index is 11.1. The number of carboxylic acid groups (broad SMARTS) is 1. The van der Waals surface area contributed by atoms with E-state index < -0.39 is 12.1 Å². The number of hydrogen-bond acceptors (Lipinski definition) is 4.